The van der Waals surface area contributed by atoms with Gasteiger partial charge in [0.1, 0.15) is 16.3 Å². The fourth-order valence-corrected chi connectivity index (χ4v) is 5.17. The van der Waals surface area contributed by atoms with Gasteiger partial charge in [0, 0.05) is 15.8 Å². The molecule has 2 aromatic heterocycles. The lowest BCUT2D eigenvalue weighted by Crippen LogP contribution is -2.18. The minimum absolute atomic E-state index is 0.286. The van der Waals surface area contributed by atoms with Crippen LogP contribution in [-0.4, -0.2) is 17.5 Å². The highest BCUT2D eigenvalue weighted by Gasteiger charge is 2.16. The van der Waals surface area contributed by atoms with Gasteiger partial charge in [-0.25, -0.2) is 4.79 Å². The number of amides is 2. The van der Waals surface area contributed by atoms with Gasteiger partial charge in [0.15, 0.2) is 0 Å². The van der Waals surface area contributed by atoms with Gasteiger partial charge in [-0.3, -0.25) is 5.32 Å². The highest BCUT2D eigenvalue weighted by atomic mass is 32.1. The summed E-state index contributed by atoms with van der Waals surface area (Å²) in [4.78, 5) is 12.3. The van der Waals surface area contributed by atoms with Crippen molar-refractivity contribution in [2.24, 2.45) is 0 Å². The number of fused-ring (bicyclic) bond motifs is 3. The van der Waals surface area contributed by atoms with Crippen molar-refractivity contribution in [1.82, 2.24) is 4.37 Å². The summed E-state index contributed by atoms with van der Waals surface area (Å²) in [5.41, 5.74) is 4.11. The van der Waals surface area contributed by atoms with Crippen LogP contribution in [0.5, 0.6) is 5.75 Å². The summed E-state index contributed by atoms with van der Waals surface area (Å²) in [6.07, 6.45) is 0. The van der Waals surface area contributed by atoms with Crippen molar-refractivity contribution >= 4 is 59.9 Å². The molecule has 4 aromatic rings. The largest absolute Gasteiger partial charge is 0.497 e. The minimum atomic E-state index is -0.286. The number of aromatic nitrogens is 1. The Bertz CT molecular complexity index is 1110. The van der Waals surface area contributed by atoms with Gasteiger partial charge >= 0.3 is 6.03 Å². The Morgan fingerprint density at radius 3 is 2.62 bits per heavy atom. The van der Waals surface area contributed by atoms with E-state index in [1.54, 1.807) is 42.7 Å². The third kappa shape index (κ3) is 3.00. The maximum absolute atomic E-state index is 12.3. The van der Waals surface area contributed by atoms with Crippen molar-refractivity contribution < 1.29 is 9.53 Å². The van der Waals surface area contributed by atoms with E-state index in [4.69, 9.17) is 4.74 Å². The number of nitrogens with one attached hydrogen (secondary N) is 2. The number of carbonyl (C=O) groups excluding carboxylic acids is 1. The molecule has 2 amide bonds. The molecule has 0 atom stereocenters. The van der Waals surface area contributed by atoms with Crippen molar-refractivity contribution in [3.8, 4) is 5.75 Å². The first-order valence-electron chi connectivity index (χ1n) is 8.06. The van der Waals surface area contributed by atoms with Crippen LogP contribution in [0.25, 0.3) is 20.3 Å². The van der Waals surface area contributed by atoms with Crippen molar-refractivity contribution in [3.63, 3.8) is 0 Å². The first-order chi connectivity index (χ1) is 12.5. The second kappa shape index (κ2) is 6.59. The smallest absolute Gasteiger partial charge is 0.324 e. The van der Waals surface area contributed by atoms with E-state index in [0.29, 0.717) is 5.69 Å². The second-order valence-electron chi connectivity index (χ2n) is 6.05. The molecular weight excluding hydrogens is 366 g/mol. The normalized spacial score (nSPS) is 11.0. The van der Waals surface area contributed by atoms with Gasteiger partial charge < -0.3 is 10.1 Å². The molecule has 5 nitrogen and oxygen atoms in total. The number of methoxy groups -OCH3 is 1. The molecule has 0 spiro atoms. The Kier molecular flexibility index (Phi) is 4.26. The first-order valence-corrected chi connectivity index (χ1v) is 9.65. The summed E-state index contributed by atoms with van der Waals surface area (Å²) >= 11 is 2.98. The summed E-state index contributed by atoms with van der Waals surface area (Å²) in [6.45, 7) is 4.19. The van der Waals surface area contributed by atoms with Crippen LogP contribution < -0.4 is 15.4 Å². The Labute approximate surface area is 158 Å². The van der Waals surface area contributed by atoms with Crippen LogP contribution in [0.15, 0.2) is 36.4 Å². The van der Waals surface area contributed by atoms with Gasteiger partial charge in [0.2, 0.25) is 0 Å². The topological polar surface area (TPSA) is 63.2 Å². The fourth-order valence-electron chi connectivity index (χ4n) is 2.98. The monoisotopic (exact) mass is 383 g/mol. The lowest BCUT2D eigenvalue weighted by atomic mass is 10.1. The molecule has 0 aliphatic rings. The van der Waals surface area contributed by atoms with Crippen molar-refractivity contribution in [2.45, 2.75) is 13.8 Å². The number of aryl methyl sites for hydroxylation is 2. The number of urea groups is 1. The zero-order valence-corrected chi connectivity index (χ0v) is 16.2. The number of carbonyl (C=O) groups is 1. The average molecular weight is 383 g/mol. The van der Waals surface area contributed by atoms with Crippen LogP contribution in [0, 0.1) is 13.8 Å². The molecule has 132 valence electrons. The lowest BCUT2D eigenvalue weighted by molar-refractivity contribution is 0.262. The van der Waals surface area contributed by atoms with E-state index in [9.17, 15) is 4.79 Å². The number of hydrogen-bond acceptors (Lipinski definition) is 5. The second-order valence-corrected chi connectivity index (χ2v) is 7.88. The number of ether oxygens (including phenoxy) is 1. The van der Waals surface area contributed by atoms with E-state index in [1.165, 1.54) is 32.7 Å². The molecule has 0 bridgehead atoms. The molecule has 26 heavy (non-hydrogen) atoms. The Morgan fingerprint density at radius 2 is 1.88 bits per heavy atom. The summed E-state index contributed by atoms with van der Waals surface area (Å²) < 4.78 is 11.9. The maximum Gasteiger partial charge on any atom is 0.324 e. The van der Waals surface area contributed by atoms with Gasteiger partial charge in [-0.1, -0.05) is 6.07 Å². The fraction of sp³-hybridized carbons (Fsp3) is 0.158. The van der Waals surface area contributed by atoms with Crippen LogP contribution >= 0.6 is 22.9 Å². The molecule has 2 N–H and O–H groups in total. The SMILES string of the molecule is COc1ccc(NC(=O)Nc2snc3c2sc2cc(C)cc(C)c23)cc1. The Balaban J connectivity index is 1.60. The summed E-state index contributed by atoms with van der Waals surface area (Å²) in [6, 6.07) is 11.2. The van der Waals surface area contributed by atoms with Gasteiger partial charge in [-0.15, -0.1) is 11.3 Å². The van der Waals surface area contributed by atoms with Crippen molar-refractivity contribution in [2.75, 3.05) is 17.7 Å². The molecule has 2 heterocycles. The van der Waals surface area contributed by atoms with E-state index in [1.807, 2.05) is 0 Å². The molecule has 0 saturated heterocycles. The van der Waals surface area contributed by atoms with E-state index >= 15 is 0 Å². The molecular formula is C19H17N3O2S2. The third-order valence-corrected chi connectivity index (χ3v) is 6.15. The van der Waals surface area contributed by atoms with Gasteiger partial charge in [0.05, 0.1) is 11.8 Å². The van der Waals surface area contributed by atoms with Crippen molar-refractivity contribution in [3.05, 3.63) is 47.5 Å². The Morgan fingerprint density at radius 1 is 1.12 bits per heavy atom. The summed E-state index contributed by atoms with van der Waals surface area (Å²) in [7, 11) is 1.61. The van der Waals surface area contributed by atoms with Crippen LogP contribution in [0.4, 0.5) is 15.5 Å². The molecule has 2 aromatic carbocycles. The molecule has 0 radical (unpaired) electrons. The minimum Gasteiger partial charge on any atom is -0.497 e. The molecule has 0 fully saturated rings. The number of thiophene rings is 1. The van der Waals surface area contributed by atoms with Crippen LogP contribution in [0.2, 0.25) is 0 Å². The number of nitrogens with zero attached hydrogens (tertiary/aromatic N) is 1. The van der Waals surface area contributed by atoms with E-state index in [2.05, 4.69) is 41.0 Å². The summed E-state index contributed by atoms with van der Waals surface area (Å²) in [5.74, 6) is 0.746. The Hall–Kier alpha value is -2.64. The number of hydrogen-bond donors (Lipinski definition) is 2. The van der Waals surface area contributed by atoms with Gasteiger partial charge in [-0.05, 0) is 66.8 Å². The zero-order valence-electron chi connectivity index (χ0n) is 14.5. The summed E-state index contributed by atoms with van der Waals surface area (Å²) in [5, 5.41) is 7.69. The molecule has 0 aliphatic heterocycles. The highest BCUT2D eigenvalue weighted by molar-refractivity contribution is 7.29. The maximum atomic E-state index is 12.3. The van der Waals surface area contributed by atoms with Gasteiger partial charge in [-0.2, -0.15) is 4.37 Å². The highest BCUT2D eigenvalue weighted by Crippen LogP contribution is 2.41. The van der Waals surface area contributed by atoms with E-state index in [-0.39, 0.29) is 6.03 Å². The molecule has 0 aliphatic carbocycles. The van der Waals surface area contributed by atoms with Gasteiger partial charge in [0.25, 0.3) is 0 Å². The standard InChI is InChI=1S/C19H17N3O2S2/c1-10-8-11(2)15-14(9-10)25-17-16(15)22-26-18(17)21-19(23)20-12-4-6-13(24-3)7-5-12/h4-9H,1-3H3,(H2,20,21,23). The van der Waals surface area contributed by atoms with Crippen LogP contribution in [0.1, 0.15) is 11.1 Å². The predicted octanol–water partition coefficient (Wildman–Crippen LogP) is 5.78. The molecule has 4 rings (SSSR count). The third-order valence-electron chi connectivity index (χ3n) is 4.12. The number of anilines is 2. The van der Waals surface area contributed by atoms with Crippen LogP contribution in [-0.2, 0) is 0 Å². The van der Waals surface area contributed by atoms with E-state index in [0.717, 1.165) is 21.0 Å². The van der Waals surface area contributed by atoms with Crippen molar-refractivity contribution in [1.29, 1.82) is 0 Å². The first kappa shape index (κ1) is 16.8. The molecule has 0 unspecified atom stereocenters. The number of benzene rings is 2. The number of rotatable bonds is 3. The molecule has 0 saturated carbocycles. The quantitative estimate of drug-likeness (QED) is 0.471. The van der Waals surface area contributed by atoms with Crippen LogP contribution in [0.3, 0.4) is 0 Å². The average Bonchev–Trinajstić information content (AvgIpc) is 3.15. The zero-order chi connectivity index (χ0) is 18.3. The molecule has 7 heteroatoms. The van der Waals surface area contributed by atoms with E-state index < -0.39 is 0 Å². The lowest BCUT2D eigenvalue weighted by Gasteiger charge is -2.06. The predicted molar refractivity (Wildman–Crippen MR) is 110 cm³/mol.